The lowest BCUT2D eigenvalue weighted by Gasteiger charge is -2.24. The maximum atomic E-state index is 13.8. The van der Waals surface area contributed by atoms with Crippen LogP contribution in [0.25, 0.3) is 0 Å². The number of carbonyl (C=O) groups is 1. The number of nitrogen functional groups attached to an aromatic ring is 1. The molecule has 1 saturated heterocycles. The Hall–Kier alpha value is -3.26. The van der Waals surface area contributed by atoms with Gasteiger partial charge in [-0.05, 0) is 24.6 Å². The standard InChI is InChI=1S/C24H28N5O8PS/c1-15(22(32)35-12-16-8-4-2-5-9-16)28-38(34,37-17-10-6-3-7-11-17)36-13-18-19(30)20(31)21(39-18)29-14-26-23(25)27-24(29)33/h2-11,14-15,18-21,30-31H,12-13H2,1H3,(H,28,34)(H2,25,27,33)/t15-,18+,19-,20-,21+,38?/m0/s1. The third kappa shape index (κ3) is 7.44. The van der Waals surface area contributed by atoms with E-state index in [1.54, 1.807) is 42.5 Å². The van der Waals surface area contributed by atoms with Crippen LogP contribution < -0.4 is 21.0 Å². The number of nitrogens with two attached hydrogens (primary N) is 1. The summed E-state index contributed by atoms with van der Waals surface area (Å²) in [7, 11) is -4.22. The fourth-order valence-electron chi connectivity index (χ4n) is 3.65. The Kier molecular flexibility index (Phi) is 9.38. The summed E-state index contributed by atoms with van der Waals surface area (Å²) in [5, 5.41) is 22.0. The molecule has 0 radical (unpaired) electrons. The number of benzene rings is 2. The Morgan fingerprint density at radius 1 is 1.15 bits per heavy atom. The van der Waals surface area contributed by atoms with E-state index in [9.17, 15) is 24.4 Å². The fraction of sp³-hybridized carbons (Fsp3) is 0.333. The molecule has 1 fully saturated rings. The van der Waals surface area contributed by atoms with E-state index in [0.717, 1.165) is 28.2 Å². The molecule has 1 aliphatic heterocycles. The largest absolute Gasteiger partial charge is 0.460 e. The van der Waals surface area contributed by atoms with Gasteiger partial charge in [-0.1, -0.05) is 48.5 Å². The normalized spacial score (nSPS) is 23.1. The summed E-state index contributed by atoms with van der Waals surface area (Å²) in [6.07, 6.45) is -1.62. The molecule has 4 rings (SSSR count). The van der Waals surface area contributed by atoms with Gasteiger partial charge in [-0.25, -0.2) is 14.3 Å². The number of anilines is 1. The smallest absolute Gasteiger partial charge is 0.459 e. The second kappa shape index (κ2) is 12.7. The van der Waals surface area contributed by atoms with E-state index >= 15 is 0 Å². The van der Waals surface area contributed by atoms with Crippen LogP contribution in [0.4, 0.5) is 5.95 Å². The monoisotopic (exact) mass is 577 g/mol. The molecule has 0 amide bonds. The van der Waals surface area contributed by atoms with Gasteiger partial charge in [-0.2, -0.15) is 10.1 Å². The first-order valence-electron chi connectivity index (χ1n) is 11.8. The number of hydrogen-bond donors (Lipinski definition) is 4. The van der Waals surface area contributed by atoms with Crippen LogP contribution in [0.15, 0.2) is 71.8 Å². The lowest BCUT2D eigenvalue weighted by atomic mass is 10.1. The number of esters is 1. The van der Waals surface area contributed by atoms with Crippen LogP contribution in [0.5, 0.6) is 5.75 Å². The fourth-order valence-corrected chi connectivity index (χ4v) is 6.69. The van der Waals surface area contributed by atoms with Crippen molar-refractivity contribution < 1.29 is 33.4 Å². The van der Waals surface area contributed by atoms with Gasteiger partial charge in [0.15, 0.2) is 0 Å². The Morgan fingerprint density at radius 3 is 2.49 bits per heavy atom. The Morgan fingerprint density at radius 2 is 1.82 bits per heavy atom. The van der Waals surface area contributed by atoms with Crippen molar-refractivity contribution >= 4 is 31.4 Å². The summed E-state index contributed by atoms with van der Waals surface area (Å²) in [4.78, 5) is 32.1. The van der Waals surface area contributed by atoms with Crippen molar-refractivity contribution in [1.82, 2.24) is 19.6 Å². The van der Waals surface area contributed by atoms with Crippen LogP contribution in [-0.4, -0.2) is 60.8 Å². The van der Waals surface area contributed by atoms with E-state index in [1.165, 1.54) is 6.92 Å². The summed E-state index contributed by atoms with van der Waals surface area (Å²) in [6.45, 7) is 1.10. The molecular formula is C24H28N5O8PS. The molecule has 5 N–H and O–H groups in total. The van der Waals surface area contributed by atoms with Crippen molar-refractivity contribution in [3.05, 3.63) is 83.0 Å². The third-order valence-electron chi connectivity index (χ3n) is 5.66. The highest BCUT2D eigenvalue weighted by atomic mass is 32.2. The van der Waals surface area contributed by atoms with Crippen LogP contribution in [0, 0.1) is 0 Å². The predicted octanol–water partition coefficient (Wildman–Crippen LogP) is 1.48. The summed E-state index contributed by atoms with van der Waals surface area (Å²) in [6, 6.07) is 16.2. The number of hydrogen-bond acceptors (Lipinski definition) is 12. The molecule has 3 aromatic rings. The molecule has 39 heavy (non-hydrogen) atoms. The molecule has 208 valence electrons. The van der Waals surface area contributed by atoms with Crippen molar-refractivity contribution in [2.45, 2.75) is 42.4 Å². The topological polar surface area (TPSA) is 188 Å². The second-order valence-electron chi connectivity index (χ2n) is 8.59. The summed E-state index contributed by atoms with van der Waals surface area (Å²) in [5.74, 6) is -0.704. The first-order chi connectivity index (χ1) is 18.6. The van der Waals surface area contributed by atoms with Crippen LogP contribution in [0.1, 0.15) is 17.9 Å². The van der Waals surface area contributed by atoms with Crippen LogP contribution >= 0.6 is 19.5 Å². The highest BCUT2D eigenvalue weighted by molar-refractivity contribution is 8.00. The van der Waals surface area contributed by atoms with Crippen LogP contribution in [0.2, 0.25) is 0 Å². The molecule has 0 saturated carbocycles. The predicted molar refractivity (Wildman–Crippen MR) is 143 cm³/mol. The molecule has 1 aromatic heterocycles. The van der Waals surface area contributed by atoms with Gasteiger partial charge in [0, 0.05) is 0 Å². The molecule has 0 aliphatic carbocycles. The van der Waals surface area contributed by atoms with E-state index < -0.39 is 48.3 Å². The molecule has 2 aromatic carbocycles. The SMILES string of the molecule is C[C@H](NP(=O)(OC[C@H]1S[C@@H](n2cnc(N)nc2=O)[C@@H](O)[C@H]1O)Oc1ccccc1)C(=O)OCc1ccccc1. The van der Waals surface area contributed by atoms with Gasteiger partial charge in [0.25, 0.3) is 0 Å². The number of rotatable bonds is 11. The first-order valence-corrected chi connectivity index (χ1v) is 14.3. The molecule has 1 unspecified atom stereocenters. The zero-order valence-electron chi connectivity index (χ0n) is 20.8. The number of para-hydroxylation sites is 1. The lowest BCUT2D eigenvalue weighted by Crippen LogP contribution is -2.37. The molecular weight excluding hydrogens is 549 g/mol. The molecule has 0 spiro atoms. The van der Waals surface area contributed by atoms with Gasteiger partial charge >= 0.3 is 19.4 Å². The van der Waals surface area contributed by atoms with Crippen LogP contribution in [-0.2, 0) is 25.2 Å². The van der Waals surface area contributed by atoms with E-state index in [0.29, 0.717) is 0 Å². The third-order valence-corrected chi connectivity index (χ3v) is 8.86. The van der Waals surface area contributed by atoms with E-state index in [1.807, 2.05) is 18.2 Å². The zero-order chi connectivity index (χ0) is 28.0. The number of carbonyl (C=O) groups excluding carboxylic acids is 1. The molecule has 13 nitrogen and oxygen atoms in total. The zero-order valence-corrected chi connectivity index (χ0v) is 22.5. The van der Waals surface area contributed by atoms with Crippen molar-refractivity contribution in [3.63, 3.8) is 0 Å². The Bertz CT molecular complexity index is 1370. The molecule has 15 heteroatoms. The van der Waals surface area contributed by atoms with Crippen molar-refractivity contribution in [2.75, 3.05) is 12.3 Å². The lowest BCUT2D eigenvalue weighted by molar-refractivity contribution is -0.146. The van der Waals surface area contributed by atoms with Crippen molar-refractivity contribution in [1.29, 1.82) is 0 Å². The van der Waals surface area contributed by atoms with Crippen LogP contribution in [0.3, 0.4) is 0 Å². The van der Waals surface area contributed by atoms with Crippen molar-refractivity contribution in [2.24, 2.45) is 0 Å². The summed E-state index contributed by atoms with van der Waals surface area (Å²) in [5.41, 5.74) is 5.45. The Balaban J connectivity index is 1.44. The van der Waals surface area contributed by atoms with Gasteiger partial charge < -0.3 is 25.2 Å². The number of aromatic nitrogens is 3. The highest BCUT2D eigenvalue weighted by Gasteiger charge is 2.45. The maximum Gasteiger partial charge on any atom is 0.459 e. The number of nitrogens with one attached hydrogen (secondary N) is 1. The molecule has 2 heterocycles. The summed E-state index contributed by atoms with van der Waals surface area (Å²) < 4.78 is 31.4. The number of aliphatic hydroxyl groups is 2. The quantitative estimate of drug-likeness (QED) is 0.190. The van der Waals surface area contributed by atoms with Gasteiger partial charge in [-0.15, -0.1) is 11.8 Å². The number of thioether (sulfide) groups is 1. The molecule has 1 aliphatic rings. The minimum Gasteiger partial charge on any atom is -0.460 e. The minimum atomic E-state index is -4.22. The Labute approximate surface area is 227 Å². The van der Waals surface area contributed by atoms with Gasteiger partial charge in [0.1, 0.15) is 36.2 Å². The number of aliphatic hydroxyl groups excluding tert-OH is 2. The second-order valence-corrected chi connectivity index (χ2v) is 11.6. The number of nitrogens with zero attached hydrogens (tertiary/aromatic N) is 3. The van der Waals surface area contributed by atoms with Gasteiger partial charge in [0.2, 0.25) is 5.95 Å². The number of ether oxygens (including phenoxy) is 1. The maximum absolute atomic E-state index is 13.8. The van der Waals surface area contributed by atoms with Gasteiger partial charge in [0.05, 0.1) is 18.0 Å². The first kappa shape index (κ1) is 28.7. The molecule has 0 bridgehead atoms. The van der Waals surface area contributed by atoms with Crippen molar-refractivity contribution in [3.8, 4) is 5.75 Å². The molecule has 6 atom stereocenters. The van der Waals surface area contributed by atoms with E-state index in [2.05, 4.69) is 15.1 Å². The highest BCUT2D eigenvalue weighted by Crippen LogP contribution is 2.48. The minimum absolute atomic E-state index is 0.0226. The van der Waals surface area contributed by atoms with E-state index in [4.69, 9.17) is 19.5 Å². The van der Waals surface area contributed by atoms with E-state index in [-0.39, 0.29) is 24.9 Å². The average molecular weight is 578 g/mol. The van der Waals surface area contributed by atoms with Gasteiger partial charge in [-0.3, -0.25) is 13.9 Å². The average Bonchev–Trinajstić information content (AvgIpc) is 3.20. The summed E-state index contributed by atoms with van der Waals surface area (Å²) >= 11 is 0.999.